The summed E-state index contributed by atoms with van der Waals surface area (Å²) in [5.41, 5.74) is 1.85. The van der Waals surface area contributed by atoms with E-state index >= 15 is 0 Å². The molecule has 0 N–H and O–H groups in total. The lowest BCUT2D eigenvalue weighted by molar-refractivity contribution is 0.0735. The molecule has 0 bridgehead atoms. The molecule has 1 aliphatic carbocycles. The number of carbonyl (C=O) groups is 1. The molecule has 144 valence electrons. The molecular weight excluding hydrogens is 351 g/mol. The third-order valence-electron chi connectivity index (χ3n) is 6.05. The minimum atomic E-state index is -0.392. The first-order chi connectivity index (χ1) is 13.6. The predicted molar refractivity (Wildman–Crippen MR) is 110 cm³/mol. The average Bonchev–Trinajstić information content (AvgIpc) is 2.74. The summed E-state index contributed by atoms with van der Waals surface area (Å²) >= 11 is 0. The van der Waals surface area contributed by atoms with Gasteiger partial charge in [0.2, 0.25) is 0 Å². The lowest BCUT2D eigenvalue weighted by Crippen LogP contribution is -2.13. The van der Waals surface area contributed by atoms with E-state index in [9.17, 15) is 9.18 Å². The molecule has 1 aliphatic rings. The molecule has 3 aromatic carbocycles. The molecule has 1 fully saturated rings. The second kappa shape index (κ2) is 8.14. The van der Waals surface area contributed by atoms with Crippen LogP contribution in [0.25, 0.3) is 10.8 Å². The van der Waals surface area contributed by atoms with Crippen LogP contribution in [0.5, 0.6) is 5.75 Å². The number of halogens is 1. The van der Waals surface area contributed by atoms with Crippen molar-refractivity contribution < 1.29 is 13.9 Å². The molecule has 0 aliphatic heterocycles. The summed E-state index contributed by atoms with van der Waals surface area (Å²) in [6, 6.07) is 17.7. The van der Waals surface area contributed by atoms with Crippen LogP contribution in [0.15, 0.2) is 60.7 Å². The lowest BCUT2D eigenvalue weighted by Gasteiger charge is -2.28. The van der Waals surface area contributed by atoms with Crippen molar-refractivity contribution in [3.8, 4) is 5.75 Å². The van der Waals surface area contributed by atoms with Crippen molar-refractivity contribution in [3.63, 3.8) is 0 Å². The molecule has 0 atom stereocenters. The summed E-state index contributed by atoms with van der Waals surface area (Å²) in [6.45, 7) is 2.28. The van der Waals surface area contributed by atoms with Gasteiger partial charge in [-0.2, -0.15) is 0 Å². The van der Waals surface area contributed by atoms with Gasteiger partial charge in [-0.05, 0) is 84.9 Å². The second-order valence-electron chi connectivity index (χ2n) is 7.76. The number of hydrogen-bond donors (Lipinski definition) is 0. The Morgan fingerprint density at radius 1 is 1.00 bits per heavy atom. The van der Waals surface area contributed by atoms with Crippen LogP contribution in [0, 0.1) is 11.7 Å². The molecule has 2 nitrogen and oxygen atoms in total. The molecule has 0 heterocycles. The van der Waals surface area contributed by atoms with Crippen molar-refractivity contribution in [2.45, 2.75) is 44.9 Å². The summed E-state index contributed by atoms with van der Waals surface area (Å²) in [4.78, 5) is 12.5. The fourth-order valence-corrected chi connectivity index (χ4v) is 4.25. The Morgan fingerprint density at radius 2 is 1.75 bits per heavy atom. The van der Waals surface area contributed by atoms with E-state index in [1.54, 1.807) is 30.3 Å². The van der Waals surface area contributed by atoms with Crippen molar-refractivity contribution in [1.82, 2.24) is 0 Å². The maximum Gasteiger partial charge on any atom is 0.343 e. The Hall–Kier alpha value is -2.68. The number of fused-ring (bicyclic) bond motifs is 1. The Labute approximate surface area is 165 Å². The van der Waals surface area contributed by atoms with E-state index in [2.05, 4.69) is 19.1 Å². The van der Waals surface area contributed by atoms with Gasteiger partial charge in [0.05, 0.1) is 5.56 Å². The number of hydrogen-bond acceptors (Lipinski definition) is 2. The van der Waals surface area contributed by atoms with Gasteiger partial charge in [-0.1, -0.05) is 37.6 Å². The molecule has 3 aromatic rings. The van der Waals surface area contributed by atoms with E-state index in [1.807, 2.05) is 12.1 Å². The van der Waals surface area contributed by atoms with Gasteiger partial charge < -0.3 is 4.74 Å². The van der Waals surface area contributed by atoms with Crippen molar-refractivity contribution >= 4 is 16.7 Å². The van der Waals surface area contributed by atoms with Crippen molar-refractivity contribution in [1.29, 1.82) is 0 Å². The SMILES string of the molecule is CCC1CCC(c2ccc(C(=O)Oc3ccc4c(F)cccc4c3)cc2)CC1. The molecule has 0 unspecified atom stereocenters. The highest BCUT2D eigenvalue weighted by molar-refractivity contribution is 5.92. The first-order valence-electron chi connectivity index (χ1n) is 10.1. The van der Waals surface area contributed by atoms with E-state index in [1.165, 1.54) is 43.7 Å². The largest absolute Gasteiger partial charge is 0.423 e. The lowest BCUT2D eigenvalue weighted by atomic mass is 9.78. The quantitative estimate of drug-likeness (QED) is 0.366. The van der Waals surface area contributed by atoms with Crippen LogP contribution < -0.4 is 4.74 Å². The molecule has 0 amide bonds. The molecule has 0 radical (unpaired) electrons. The Balaban J connectivity index is 1.44. The number of carbonyl (C=O) groups excluding carboxylic acids is 1. The molecular formula is C25H25FO2. The van der Waals surface area contributed by atoms with Crippen LogP contribution in [0.2, 0.25) is 0 Å². The van der Waals surface area contributed by atoms with Crippen molar-refractivity contribution in [2.24, 2.45) is 5.92 Å². The monoisotopic (exact) mass is 376 g/mol. The van der Waals surface area contributed by atoms with Gasteiger partial charge in [-0.3, -0.25) is 0 Å². The number of rotatable bonds is 4. The van der Waals surface area contributed by atoms with Gasteiger partial charge in [-0.15, -0.1) is 0 Å². The predicted octanol–water partition coefficient (Wildman–Crippen LogP) is 6.88. The molecule has 3 heteroatoms. The van der Waals surface area contributed by atoms with Gasteiger partial charge in [0, 0.05) is 5.39 Å². The summed E-state index contributed by atoms with van der Waals surface area (Å²) in [5, 5.41) is 1.23. The van der Waals surface area contributed by atoms with Crippen LogP contribution in [0.4, 0.5) is 4.39 Å². The van der Waals surface area contributed by atoms with E-state index in [4.69, 9.17) is 4.74 Å². The Kier molecular flexibility index (Phi) is 5.43. The Morgan fingerprint density at radius 3 is 2.46 bits per heavy atom. The summed E-state index contributed by atoms with van der Waals surface area (Å²) in [6.07, 6.45) is 6.34. The maximum atomic E-state index is 13.8. The summed E-state index contributed by atoms with van der Waals surface area (Å²) in [5.74, 6) is 1.23. The fraction of sp³-hybridized carbons (Fsp3) is 0.320. The summed E-state index contributed by atoms with van der Waals surface area (Å²) in [7, 11) is 0. The Bertz CT molecular complexity index is 970. The molecule has 4 rings (SSSR count). The van der Waals surface area contributed by atoms with E-state index < -0.39 is 5.97 Å². The number of benzene rings is 3. The summed E-state index contributed by atoms with van der Waals surface area (Å²) < 4.78 is 19.3. The average molecular weight is 376 g/mol. The number of ether oxygens (including phenoxy) is 1. The van der Waals surface area contributed by atoms with Gasteiger partial charge in [0.25, 0.3) is 0 Å². The van der Waals surface area contributed by atoms with Crippen LogP contribution in [0.1, 0.15) is 60.9 Å². The van der Waals surface area contributed by atoms with Crippen LogP contribution in [-0.2, 0) is 0 Å². The van der Waals surface area contributed by atoms with E-state index in [0.717, 1.165) is 5.92 Å². The molecule has 0 saturated heterocycles. The second-order valence-corrected chi connectivity index (χ2v) is 7.76. The zero-order valence-electron chi connectivity index (χ0n) is 16.2. The minimum Gasteiger partial charge on any atom is -0.423 e. The third kappa shape index (κ3) is 3.94. The molecule has 0 spiro atoms. The number of esters is 1. The van der Waals surface area contributed by atoms with Gasteiger partial charge >= 0.3 is 5.97 Å². The van der Waals surface area contributed by atoms with Gasteiger partial charge in [0.15, 0.2) is 0 Å². The smallest absolute Gasteiger partial charge is 0.343 e. The van der Waals surface area contributed by atoms with Gasteiger partial charge in [-0.25, -0.2) is 9.18 Å². The zero-order valence-corrected chi connectivity index (χ0v) is 16.2. The van der Waals surface area contributed by atoms with Crippen LogP contribution >= 0.6 is 0 Å². The normalized spacial score (nSPS) is 19.5. The third-order valence-corrected chi connectivity index (χ3v) is 6.05. The van der Waals surface area contributed by atoms with Crippen molar-refractivity contribution in [2.75, 3.05) is 0 Å². The van der Waals surface area contributed by atoms with Crippen LogP contribution in [0.3, 0.4) is 0 Å². The molecule has 28 heavy (non-hydrogen) atoms. The van der Waals surface area contributed by atoms with Crippen molar-refractivity contribution in [3.05, 3.63) is 77.6 Å². The highest BCUT2D eigenvalue weighted by Crippen LogP contribution is 2.37. The first kappa shape index (κ1) is 18.7. The topological polar surface area (TPSA) is 26.3 Å². The maximum absolute atomic E-state index is 13.8. The minimum absolute atomic E-state index is 0.279. The van der Waals surface area contributed by atoms with E-state index in [-0.39, 0.29) is 5.82 Å². The van der Waals surface area contributed by atoms with Crippen LogP contribution in [-0.4, -0.2) is 5.97 Å². The highest BCUT2D eigenvalue weighted by atomic mass is 19.1. The molecule has 0 aromatic heterocycles. The highest BCUT2D eigenvalue weighted by Gasteiger charge is 2.21. The zero-order chi connectivity index (χ0) is 19.5. The molecule has 1 saturated carbocycles. The first-order valence-corrected chi connectivity index (χ1v) is 10.1. The van der Waals surface area contributed by atoms with E-state index in [0.29, 0.717) is 28.0 Å². The van der Waals surface area contributed by atoms with Gasteiger partial charge in [0.1, 0.15) is 11.6 Å². The standard InChI is InChI=1S/C25H25FO2/c1-2-17-6-8-18(9-7-17)19-10-12-20(13-11-19)25(27)28-22-14-15-23-21(16-22)4-3-5-24(23)26/h3-5,10-18H,2,6-9H2,1H3. The fourth-order valence-electron chi connectivity index (χ4n) is 4.25.